The Morgan fingerprint density at radius 2 is 1.62 bits per heavy atom. The molecule has 0 saturated heterocycles. The third kappa shape index (κ3) is 4.37. The van der Waals surface area contributed by atoms with E-state index in [-0.39, 0.29) is 6.04 Å². The fraction of sp³-hybridized carbons (Fsp3) is 0.294. The minimum absolute atomic E-state index is 0.0621. The second kappa shape index (κ2) is 7.69. The Kier molecular flexibility index (Phi) is 5.92. The van der Waals surface area contributed by atoms with Gasteiger partial charge in [-0.3, -0.25) is 0 Å². The van der Waals surface area contributed by atoms with Crippen LogP contribution in [0.5, 0.6) is 5.75 Å². The van der Waals surface area contributed by atoms with Gasteiger partial charge in [0.1, 0.15) is 5.75 Å². The molecule has 0 aliphatic rings. The third-order valence-electron chi connectivity index (χ3n) is 3.27. The molecule has 1 N–H and O–H groups in total. The second-order valence-corrected chi connectivity index (χ2v) is 5.74. The molecule has 2 aromatic carbocycles. The first-order valence-electron chi connectivity index (χ1n) is 6.97. The van der Waals surface area contributed by atoms with Crippen molar-refractivity contribution in [1.82, 2.24) is 5.32 Å². The number of benzene rings is 2. The van der Waals surface area contributed by atoms with Crippen LogP contribution in [0.15, 0.2) is 42.5 Å². The van der Waals surface area contributed by atoms with Crippen LogP contribution in [-0.4, -0.2) is 13.7 Å². The monoisotopic (exact) mass is 323 g/mol. The molecule has 0 spiro atoms. The van der Waals surface area contributed by atoms with Crippen molar-refractivity contribution in [2.24, 2.45) is 0 Å². The van der Waals surface area contributed by atoms with E-state index < -0.39 is 0 Å². The molecule has 0 amide bonds. The first kappa shape index (κ1) is 16.2. The molecule has 0 radical (unpaired) electrons. The van der Waals surface area contributed by atoms with Gasteiger partial charge in [-0.25, -0.2) is 0 Å². The fourth-order valence-corrected chi connectivity index (χ4v) is 2.80. The summed E-state index contributed by atoms with van der Waals surface area (Å²) < 4.78 is 5.21. The molecule has 21 heavy (non-hydrogen) atoms. The fourth-order valence-electron chi connectivity index (χ4n) is 2.26. The molecule has 0 heterocycles. The minimum atomic E-state index is 0.0621. The standard InChI is InChI=1S/C17H19Cl2NO/c1-3-8-20-17(12-4-6-16(21-2)7-5-12)13-9-14(18)11-15(19)10-13/h4-7,9-11,17,20H,3,8H2,1-2H3. The van der Waals surface area contributed by atoms with Crippen LogP contribution in [0.3, 0.4) is 0 Å². The highest BCUT2D eigenvalue weighted by atomic mass is 35.5. The van der Waals surface area contributed by atoms with E-state index in [1.807, 2.05) is 24.3 Å². The number of hydrogen-bond donors (Lipinski definition) is 1. The van der Waals surface area contributed by atoms with Gasteiger partial charge in [0, 0.05) is 10.0 Å². The lowest BCUT2D eigenvalue weighted by atomic mass is 9.98. The van der Waals surface area contributed by atoms with E-state index in [4.69, 9.17) is 27.9 Å². The van der Waals surface area contributed by atoms with Gasteiger partial charge < -0.3 is 10.1 Å². The van der Waals surface area contributed by atoms with E-state index in [1.165, 1.54) is 0 Å². The Morgan fingerprint density at radius 3 is 2.14 bits per heavy atom. The summed E-state index contributed by atoms with van der Waals surface area (Å²) in [6.07, 6.45) is 1.06. The maximum Gasteiger partial charge on any atom is 0.118 e. The van der Waals surface area contributed by atoms with Crippen LogP contribution in [0.2, 0.25) is 10.0 Å². The van der Waals surface area contributed by atoms with Gasteiger partial charge in [0.25, 0.3) is 0 Å². The first-order valence-corrected chi connectivity index (χ1v) is 7.73. The molecule has 2 aromatic rings. The van der Waals surface area contributed by atoms with Crippen molar-refractivity contribution in [2.75, 3.05) is 13.7 Å². The average molecular weight is 324 g/mol. The van der Waals surface area contributed by atoms with Crippen molar-refractivity contribution in [3.05, 3.63) is 63.6 Å². The molecule has 1 atom stereocenters. The maximum absolute atomic E-state index is 6.13. The number of rotatable bonds is 6. The van der Waals surface area contributed by atoms with Gasteiger partial charge in [0.05, 0.1) is 13.2 Å². The molecule has 4 heteroatoms. The van der Waals surface area contributed by atoms with E-state index in [9.17, 15) is 0 Å². The lowest BCUT2D eigenvalue weighted by Gasteiger charge is -2.20. The first-order chi connectivity index (χ1) is 10.1. The van der Waals surface area contributed by atoms with Crippen LogP contribution in [0.4, 0.5) is 0 Å². The Hall–Kier alpha value is -1.22. The second-order valence-electron chi connectivity index (χ2n) is 4.86. The Morgan fingerprint density at radius 1 is 1.00 bits per heavy atom. The number of halogens is 2. The van der Waals surface area contributed by atoms with Gasteiger partial charge in [-0.15, -0.1) is 0 Å². The van der Waals surface area contributed by atoms with Crippen LogP contribution in [-0.2, 0) is 0 Å². The zero-order chi connectivity index (χ0) is 15.2. The van der Waals surface area contributed by atoms with Gasteiger partial charge in [-0.2, -0.15) is 0 Å². The zero-order valence-corrected chi connectivity index (χ0v) is 13.7. The third-order valence-corrected chi connectivity index (χ3v) is 3.70. The summed E-state index contributed by atoms with van der Waals surface area (Å²) in [6.45, 7) is 3.06. The van der Waals surface area contributed by atoms with Gasteiger partial charge in [-0.05, 0) is 54.4 Å². The van der Waals surface area contributed by atoms with E-state index in [0.29, 0.717) is 10.0 Å². The lowest BCUT2D eigenvalue weighted by Crippen LogP contribution is -2.23. The lowest BCUT2D eigenvalue weighted by molar-refractivity contribution is 0.414. The van der Waals surface area contributed by atoms with Crippen LogP contribution >= 0.6 is 23.2 Å². The van der Waals surface area contributed by atoms with E-state index in [1.54, 1.807) is 13.2 Å². The highest BCUT2D eigenvalue weighted by molar-refractivity contribution is 6.34. The summed E-state index contributed by atoms with van der Waals surface area (Å²) in [7, 11) is 1.67. The molecular formula is C17H19Cl2NO. The van der Waals surface area contributed by atoms with Crippen LogP contribution in [0.1, 0.15) is 30.5 Å². The molecular weight excluding hydrogens is 305 g/mol. The predicted octanol–water partition coefficient (Wildman–Crippen LogP) is 5.09. The van der Waals surface area contributed by atoms with Gasteiger partial charge >= 0.3 is 0 Å². The zero-order valence-electron chi connectivity index (χ0n) is 12.2. The molecule has 0 saturated carbocycles. The quantitative estimate of drug-likeness (QED) is 0.799. The topological polar surface area (TPSA) is 21.3 Å². The van der Waals surface area contributed by atoms with Gasteiger partial charge in [0.15, 0.2) is 0 Å². The summed E-state index contributed by atoms with van der Waals surface area (Å²) in [5, 5.41) is 4.83. The predicted molar refractivity (Wildman–Crippen MR) is 89.6 cm³/mol. The number of nitrogens with one attached hydrogen (secondary N) is 1. The molecule has 2 nitrogen and oxygen atoms in total. The molecule has 112 valence electrons. The Labute approximate surface area is 136 Å². The molecule has 2 rings (SSSR count). The van der Waals surface area contributed by atoms with Crippen molar-refractivity contribution >= 4 is 23.2 Å². The molecule has 0 aliphatic heterocycles. The Balaban J connectivity index is 2.36. The molecule has 0 bridgehead atoms. The van der Waals surface area contributed by atoms with E-state index >= 15 is 0 Å². The SMILES string of the molecule is CCCNC(c1ccc(OC)cc1)c1cc(Cl)cc(Cl)c1. The van der Waals surface area contributed by atoms with E-state index in [2.05, 4.69) is 24.4 Å². The molecule has 0 aliphatic carbocycles. The van der Waals surface area contributed by atoms with Crippen LogP contribution < -0.4 is 10.1 Å². The highest BCUT2D eigenvalue weighted by Crippen LogP contribution is 2.28. The summed E-state index contributed by atoms with van der Waals surface area (Å²) in [5.74, 6) is 0.845. The largest absolute Gasteiger partial charge is 0.497 e. The normalized spacial score (nSPS) is 12.2. The van der Waals surface area contributed by atoms with Crippen molar-refractivity contribution in [3.63, 3.8) is 0 Å². The van der Waals surface area contributed by atoms with Gasteiger partial charge in [0.2, 0.25) is 0 Å². The summed E-state index contributed by atoms with van der Waals surface area (Å²) in [4.78, 5) is 0. The van der Waals surface area contributed by atoms with Gasteiger partial charge in [-0.1, -0.05) is 42.3 Å². The summed E-state index contributed by atoms with van der Waals surface area (Å²) in [6, 6.07) is 13.7. The van der Waals surface area contributed by atoms with Crippen molar-refractivity contribution < 1.29 is 4.74 Å². The van der Waals surface area contributed by atoms with Crippen LogP contribution in [0, 0.1) is 0 Å². The highest BCUT2D eigenvalue weighted by Gasteiger charge is 2.14. The van der Waals surface area contributed by atoms with E-state index in [0.717, 1.165) is 29.8 Å². The number of methoxy groups -OCH3 is 1. The molecule has 0 aromatic heterocycles. The summed E-state index contributed by atoms with van der Waals surface area (Å²) >= 11 is 12.3. The molecule has 0 fully saturated rings. The number of ether oxygens (including phenoxy) is 1. The van der Waals surface area contributed by atoms with Crippen molar-refractivity contribution in [1.29, 1.82) is 0 Å². The maximum atomic E-state index is 6.13. The summed E-state index contributed by atoms with van der Waals surface area (Å²) in [5.41, 5.74) is 2.22. The number of hydrogen-bond acceptors (Lipinski definition) is 2. The minimum Gasteiger partial charge on any atom is -0.497 e. The van der Waals surface area contributed by atoms with Crippen molar-refractivity contribution in [3.8, 4) is 5.75 Å². The molecule has 1 unspecified atom stereocenters. The van der Waals surface area contributed by atoms with Crippen LogP contribution in [0.25, 0.3) is 0 Å². The Bertz CT molecular complexity index is 564. The smallest absolute Gasteiger partial charge is 0.118 e. The average Bonchev–Trinajstić information content (AvgIpc) is 2.47. The van der Waals surface area contributed by atoms with Crippen molar-refractivity contribution in [2.45, 2.75) is 19.4 Å².